The van der Waals surface area contributed by atoms with Crippen LogP contribution in [0.1, 0.15) is 31.4 Å². The number of hydrogen-bond donors (Lipinski definition) is 1. The monoisotopic (exact) mass is 297 g/mol. The van der Waals surface area contributed by atoms with Gasteiger partial charge in [0.25, 0.3) is 5.91 Å². The van der Waals surface area contributed by atoms with Gasteiger partial charge in [-0.05, 0) is 43.0 Å². The smallest absolute Gasteiger partial charge is 0.265 e. The van der Waals surface area contributed by atoms with E-state index in [1.807, 2.05) is 62.4 Å². The summed E-state index contributed by atoms with van der Waals surface area (Å²) in [5, 5.41) is 2.99. The summed E-state index contributed by atoms with van der Waals surface area (Å²) in [5.41, 5.74) is 3.02. The number of ether oxygens (including phenoxy) is 1. The standard InChI is InChI=1S/C19H23NO2/c1-4-15-11-7-8-12-16(15)20-19(21)17(5-2)22-18-13-9-6-10-14(18)3/h6-13,17H,4-5H2,1-3H3,(H,20,21). The number of hydrogen-bond acceptors (Lipinski definition) is 2. The van der Waals surface area contributed by atoms with Gasteiger partial charge in [0.05, 0.1) is 0 Å². The topological polar surface area (TPSA) is 38.3 Å². The van der Waals surface area contributed by atoms with Gasteiger partial charge in [-0.15, -0.1) is 0 Å². The van der Waals surface area contributed by atoms with Crippen molar-refractivity contribution in [3.8, 4) is 5.75 Å². The second-order valence-electron chi connectivity index (χ2n) is 5.28. The van der Waals surface area contributed by atoms with Crippen molar-refractivity contribution in [2.24, 2.45) is 0 Å². The second-order valence-corrected chi connectivity index (χ2v) is 5.28. The molecule has 3 heteroatoms. The molecule has 0 aromatic heterocycles. The van der Waals surface area contributed by atoms with Crippen molar-refractivity contribution in [1.29, 1.82) is 0 Å². The summed E-state index contributed by atoms with van der Waals surface area (Å²) < 4.78 is 5.89. The fourth-order valence-corrected chi connectivity index (χ4v) is 2.33. The van der Waals surface area contributed by atoms with E-state index in [0.29, 0.717) is 6.42 Å². The van der Waals surface area contributed by atoms with E-state index in [4.69, 9.17) is 4.74 Å². The molecular weight excluding hydrogens is 274 g/mol. The van der Waals surface area contributed by atoms with Crippen LogP contribution < -0.4 is 10.1 Å². The minimum atomic E-state index is -0.494. The molecular formula is C19H23NO2. The van der Waals surface area contributed by atoms with E-state index < -0.39 is 6.10 Å². The molecule has 2 rings (SSSR count). The first-order valence-corrected chi connectivity index (χ1v) is 7.76. The summed E-state index contributed by atoms with van der Waals surface area (Å²) >= 11 is 0. The van der Waals surface area contributed by atoms with Gasteiger partial charge in [-0.25, -0.2) is 0 Å². The highest BCUT2D eigenvalue weighted by Gasteiger charge is 2.19. The van der Waals surface area contributed by atoms with Gasteiger partial charge in [0.15, 0.2) is 6.10 Å². The Balaban J connectivity index is 2.11. The molecule has 0 aliphatic carbocycles. The Morgan fingerprint density at radius 3 is 2.45 bits per heavy atom. The summed E-state index contributed by atoms with van der Waals surface area (Å²) in [4.78, 5) is 12.5. The SMILES string of the molecule is CCc1ccccc1NC(=O)C(CC)Oc1ccccc1C. The maximum Gasteiger partial charge on any atom is 0.265 e. The quantitative estimate of drug-likeness (QED) is 0.860. The average Bonchev–Trinajstić information content (AvgIpc) is 2.54. The predicted octanol–water partition coefficient (Wildman–Crippen LogP) is 4.35. The van der Waals surface area contributed by atoms with Gasteiger partial charge in [-0.3, -0.25) is 4.79 Å². The third-order valence-electron chi connectivity index (χ3n) is 3.68. The molecule has 22 heavy (non-hydrogen) atoms. The van der Waals surface area contributed by atoms with Crippen molar-refractivity contribution in [2.45, 2.75) is 39.7 Å². The fourth-order valence-electron chi connectivity index (χ4n) is 2.33. The second kappa shape index (κ2) is 7.64. The van der Waals surface area contributed by atoms with Crippen LogP contribution in [0.4, 0.5) is 5.69 Å². The van der Waals surface area contributed by atoms with E-state index >= 15 is 0 Å². The van der Waals surface area contributed by atoms with Crippen molar-refractivity contribution >= 4 is 11.6 Å². The molecule has 0 saturated heterocycles. The van der Waals surface area contributed by atoms with E-state index in [1.54, 1.807) is 0 Å². The number of nitrogens with one attached hydrogen (secondary N) is 1. The van der Waals surface area contributed by atoms with Crippen LogP contribution in [0.5, 0.6) is 5.75 Å². The third-order valence-corrected chi connectivity index (χ3v) is 3.68. The minimum Gasteiger partial charge on any atom is -0.480 e. The van der Waals surface area contributed by atoms with Gasteiger partial charge >= 0.3 is 0 Å². The first-order valence-electron chi connectivity index (χ1n) is 7.76. The Morgan fingerprint density at radius 1 is 1.09 bits per heavy atom. The predicted molar refractivity (Wildman–Crippen MR) is 90.3 cm³/mol. The Labute approximate surface area is 132 Å². The van der Waals surface area contributed by atoms with Crippen LogP contribution in [0.25, 0.3) is 0 Å². The highest BCUT2D eigenvalue weighted by atomic mass is 16.5. The van der Waals surface area contributed by atoms with E-state index in [1.165, 1.54) is 0 Å². The highest BCUT2D eigenvalue weighted by molar-refractivity contribution is 5.95. The lowest BCUT2D eigenvalue weighted by atomic mass is 10.1. The normalized spacial score (nSPS) is 11.8. The lowest BCUT2D eigenvalue weighted by Crippen LogP contribution is -2.32. The number of carbonyl (C=O) groups excluding carboxylic acids is 1. The lowest BCUT2D eigenvalue weighted by molar-refractivity contribution is -0.122. The van der Waals surface area contributed by atoms with Crippen molar-refractivity contribution < 1.29 is 9.53 Å². The van der Waals surface area contributed by atoms with Crippen molar-refractivity contribution in [2.75, 3.05) is 5.32 Å². The molecule has 0 radical (unpaired) electrons. The highest BCUT2D eigenvalue weighted by Crippen LogP contribution is 2.20. The van der Waals surface area contributed by atoms with Gasteiger partial charge < -0.3 is 10.1 Å². The van der Waals surface area contributed by atoms with Crippen LogP contribution in [0.15, 0.2) is 48.5 Å². The van der Waals surface area contributed by atoms with Gasteiger partial charge in [0.1, 0.15) is 5.75 Å². The van der Waals surface area contributed by atoms with Crippen LogP contribution in [-0.2, 0) is 11.2 Å². The molecule has 3 nitrogen and oxygen atoms in total. The van der Waals surface area contributed by atoms with E-state index in [-0.39, 0.29) is 5.91 Å². The van der Waals surface area contributed by atoms with Gasteiger partial charge in [-0.1, -0.05) is 50.2 Å². The van der Waals surface area contributed by atoms with E-state index in [2.05, 4.69) is 12.2 Å². The molecule has 0 heterocycles. The largest absolute Gasteiger partial charge is 0.480 e. The molecule has 1 amide bonds. The molecule has 116 valence electrons. The maximum absolute atomic E-state index is 12.5. The zero-order chi connectivity index (χ0) is 15.9. The Bertz CT molecular complexity index is 637. The van der Waals surface area contributed by atoms with Crippen LogP contribution in [0, 0.1) is 6.92 Å². The van der Waals surface area contributed by atoms with Crippen molar-refractivity contribution in [1.82, 2.24) is 0 Å². The zero-order valence-corrected chi connectivity index (χ0v) is 13.4. The van der Waals surface area contributed by atoms with Crippen LogP contribution >= 0.6 is 0 Å². The summed E-state index contributed by atoms with van der Waals surface area (Å²) in [6.45, 7) is 6.01. The number of para-hydroxylation sites is 2. The van der Waals surface area contributed by atoms with Crippen LogP contribution in [0.3, 0.4) is 0 Å². The molecule has 1 N–H and O–H groups in total. The summed E-state index contributed by atoms with van der Waals surface area (Å²) in [6, 6.07) is 15.6. The Hall–Kier alpha value is -2.29. The third kappa shape index (κ3) is 3.88. The minimum absolute atomic E-state index is 0.105. The summed E-state index contributed by atoms with van der Waals surface area (Å²) in [5.74, 6) is 0.653. The number of carbonyl (C=O) groups is 1. The molecule has 0 bridgehead atoms. The van der Waals surface area contributed by atoms with Gasteiger partial charge in [0.2, 0.25) is 0 Å². The molecule has 0 saturated carbocycles. The zero-order valence-electron chi connectivity index (χ0n) is 13.4. The Kier molecular flexibility index (Phi) is 5.59. The molecule has 0 fully saturated rings. The summed E-state index contributed by atoms with van der Waals surface area (Å²) in [6.07, 6.45) is 1.01. The van der Waals surface area contributed by atoms with E-state index in [0.717, 1.165) is 29.0 Å². The molecule has 2 aromatic rings. The molecule has 1 atom stereocenters. The Morgan fingerprint density at radius 2 is 1.77 bits per heavy atom. The van der Waals surface area contributed by atoms with Crippen LogP contribution in [0.2, 0.25) is 0 Å². The number of rotatable bonds is 6. The first kappa shape index (κ1) is 16.1. The fraction of sp³-hybridized carbons (Fsp3) is 0.316. The number of amides is 1. The number of benzene rings is 2. The maximum atomic E-state index is 12.5. The van der Waals surface area contributed by atoms with Crippen molar-refractivity contribution in [3.05, 3.63) is 59.7 Å². The number of anilines is 1. The van der Waals surface area contributed by atoms with Gasteiger partial charge in [-0.2, -0.15) is 0 Å². The average molecular weight is 297 g/mol. The molecule has 2 aromatic carbocycles. The van der Waals surface area contributed by atoms with Crippen LogP contribution in [-0.4, -0.2) is 12.0 Å². The summed E-state index contributed by atoms with van der Waals surface area (Å²) in [7, 11) is 0. The first-order chi connectivity index (χ1) is 10.7. The molecule has 0 aliphatic rings. The van der Waals surface area contributed by atoms with Crippen molar-refractivity contribution in [3.63, 3.8) is 0 Å². The molecule has 0 spiro atoms. The lowest BCUT2D eigenvalue weighted by Gasteiger charge is -2.19. The molecule has 1 unspecified atom stereocenters. The van der Waals surface area contributed by atoms with E-state index in [9.17, 15) is 4.79 Å². The van der Waals surface area contributed by atoms with Gasteiger partial charge in [0, 0.05) is 5.69 Å². The number of aryl methyl sites for hydroxylation is 2. The molecule has 0 aliphatic heterocycles.